The zero-order valence-corrected chi connectivity index (χ0v) is 24.5. The molecule has 1 saturated carbocycles. The summed E-state index contributed by atoms with van der Waals surface area (Å²) in [7, 11) is 1.47. The Balaban J connectivity index is 1.34. The van der Waals surface area contributed by atoms with Crippen molar-refractivity contribution in [3.63, 3.8) is 0 Å². The topological polar surface area (TPSA) is 111 Å². The van der Waals surface area contributed by atoms with E-state index in [1.54, 1.807) is 11.6 Å². The van der Waals surface area contributed by atoms with E-state index in [0.29, 0.717) is 29.7 Å². The minimum Gasteiger partial charge on any atom is -0.494 e. The molecule has 9 nitrogen and oxygen atoms in total. The van der Waals surface area contributed by atoms with Gasteiger partial charge in [-0.3, -0.25) is 4.79 Å². The maximum Gasteiger partial charge on any atom is 0.419 e. The summed E-state index contributed by atoms with van der Waals surface area (Å²) in [4.78, 5) is 26.1. The highest BCUT2D eigenvalue weighted by atomic mass is 32.1. The number of methoxy groups -OCH3 is 1. The third kappa shape index (κ3) is 4.70. The summed E-state index contributed by atoms with van der Waals surface area (Å²) in [6.07, 6.45) is -0.211. The van der Waals surface area contributed by atoms with Crippen molar-refractivity contribution in [1.82, 2.24) is 24.8 Å². The van der Waals surface area contributed by atoms with Gasteiger partial charge in [-0.25, -0.2) is 19.3 Å². The Bertz CT molecular complexity index is 1910. The van der Waals surface area contributed by atoms with Crippen molar-refractivity contribution < 1.29 is 36.9 Å². The van der Waals surface area contributed by atoms with Crippen LogP contribution in [-0.4, -0.2) is 57.0 Å². The SMILES string of the molecule is COc1cc(C(=O)NC[C@](O)(c2cc3c(c(-c4ccc(F)cc4)n2)OC[C@@]3(n2ccnc2)C(F)(F)F)C2CC2)cc2scnc12. The van der Waals surface area contributed by atoms with E-state index in [0.717, 1.165) is 15.6 Å². The van der Waals surface area contributed by atoms with Crippen LogP contribution in [0.25, 0.3) is 21.5 Å². The Labute approximate surface area is 257 Å². The number of alkyl halides is 3. The number of carbonyl (C=O) groups is 1. The van der Waals surface area contributed by atoms with Gasteiger partial charge in [-0.15, -0.1) is 11.3 Å². The van der Waals surface area contributed by atoms with Crippen LogP contribution in [0.15, 0.2) is 66.7 Å². The van der Waals surface area contributed by atoms with E-state index in [-0.39, 0.29) is 34.8 Å². The predicted octanol–water partition coefficient (Wildman–Crippen LogP) is 5.43. The van der Waals surface area contributed by atoms with Crippen LogP contribution in [-0.2, 0) is 11.1 Å². The van der Waals surface area contributed by atoms with Crippen molar-refractivity contribution >= 4 is 27.5 Å². The van der Waals surface area contributed by atoms with Gasteiger partial charge >= 0.3 is 6.18 Å². The number of nitrogens with one attached hydrogen (secondary N) is 1. The fourth-order valence-corrected chi connectivity index (χ4v) is 6.62. The molecule has 0 radical (unpaired) electrons. The van der Waals surface area contributed by atoms with Crippen LogP contribution in [0.1, 0.15) is 34.5 Å². The number of benzene rings is 2. The van der Waals surface area contributed by atoms with Crippen LogP contribution in [0.5, 0.6) is 11.5 Å². The molecule has 45 heavy (non-hydrogen) atoms. The minimum atomic E-state index is -4.85. The fourth-order valence-electron chi connectivity index (χ4n) is 5.89. The highest BCUT2D eigenvalue weighted by molar-refractivity contribution is 7.16. The molecule has 1 aliphatic heterocycles. The zero-order valence-electron chi connectivity index (χ0n) is 23.6. The molecule has 0 unspecified atom stereocenters. The van der Waals surface area contributed by atoms with Crippen molar-refractivity contribution in [2.45, 2.75) is 30.2 Å². The van der Waals surface area contributed by atoms with Gasteiger partial charge in [0.05, 0.1) is 35.9 Å². The number of nitrogens with zero attached hydrogens (tertiary/aromatic N) is 4. The number of aromatic nitrogens is 4. The van der Waals surface area contributed by atoms with Crippen molar-refractivity contribution in [3.8, 4) is 22.8 Å². The normalized spacial score (nSPS) is 19.2. The maximum absolute atomic E-state index is 15.1. The van der Waals surface area contributed by atoms with E-state index >= 15 is 13.2 Å². The van der Waals surface area contributed by atoms with E-state index in [9.17, 15) is 14.3 Å². The van der Waals surface area contributed by atoms with Crippen molar-refractivity contribution in [2.75, 3.05) is 20.3 Å². The van der Waals surface area contributed by atoms with Gasteiger partial charge in [0.25, 0.3) is 5.91 Å². The van der Waals surface area contributed by atoms with Crippen LogP contribution in [0, 0.1) is 11.7 Å². The molecule has 5 aromatic rings. The summed E-state index contributed by atoms with van der Waals surface area (Å²) in [6, 6.07) is 9.50. The Hall–Kier alpha value is -4.56. The Morgan fingerprint density at radius 3 is 2.67 bits per heavy atom. The number of fused-ring (bicyclic) bond motifs is 2. The Morgan fingerprint density at radius 1 is 1.22 bits per heavy atom. The molecular weight excluding hydrogens is 614 g/mol. The van der Waals surface area contributed by atoms with E-state index < -0.39 is 41.6 Å². The molecular formula is C31H25F4N5O4S. The second kappa shape index (κ2) is 10.5. The lowest BCUT2D eigenvalue weighted by Gasteiger charge is -2.33. The number of carbonyl (C=O) groups excluding carboxylic acids is 1. The smallest absolute Gasteiger partial charge is 0.419 e. The summed E-state index contributed by atoms with van der Waals surface area (Å²) in [6.45, 7) is -1.14. The number of thiazole rings is 1. The van der Waals surface area contributed by atoms with Crippen molar-refractivity contribution in [2.24, 2.45) is 5.92 Å². The Kier molecular flexibility index (Phi) is 6.82. The molecule has 2 aromatic carbocycles. The highest BCUT2D eigenvalue weighted by Crippen LogP contribution is 2.54. The van der Waals surface area contributed by atoms with E-state index in [1.807, 2.05) is 0 Å². The van der Waals surface area contributed by atoms with Gasteiger partial charge in [0.15, 0.2) is 5.75 Å². The van der Waals surface area contributed by atoms with Gasteiger partial charge in [-0.2, -0.15) is 13.2 Å². The molecule has 0 bridgehead atoms. The molecule has 0 spiro atoms. The fraction of sp³-hybridized carbons (Fsp3) is 0.290. The molecule has 4 heterocycles. The molecule has 232 valence electrons. The minimum absolute atomic E-state index is 0.0134. The van der Waals surface area contributed by atoms with Gasteiger partial charge in [-0.05, 0) is 61.2 Å². The van der Waals surface area contributed by atoms with Crippen LogP contribution < -0.4 is 14.8 Å². The average molecular weight is 640 g/mol. The third-order valence-corrected chi connectivity index (χ3v) is 9.25. The molecule has 1 aliphatic carbocycles. The molecule has 1 fully saturated rings. The van der Waals surface area contributed by atoms with Gasteiger partial charge in [0.2, 0.25) is 5.54 Å². The van der Waals surface area contributed by atoms with Crippen LogP contribution >= 0.6 is 11.3 Å². The molecule has 2 N–H and O–H groups in total. The number of pyridine rings is 1. The van der Waals surface area contributed by atoms with Crippen molar-refractivity contribution in [1.29, 1.82) is 0 Å². The predicted molar refractivity (Wildman–Crippen MR) is 156 cm³/mol. The number of hydrogen-bond acceptors (Lipinski definition) is 8. The number of aliphatic hydroxyl groups is 1. The quantitative estimate of drug-likeness (QED) is 0.218. The third-order valence-electron chi connectivity index (χ3n) is 8.47. The molecule has 1 amide bonds. The van der Waals surface area contributed by atoms with Gasteiger partial charge in [-0.1, -0.05) is 0 Å². The van der Waals surface area contributed by atoms with Crippen molar-refractivity contribution in [3.05, 3.63) is 89.3 Å². The number of hydrogen-bond donors (Lipinski definition) is 2. The van der Waals surface area contributed by atoms with E-state index in [2.05, 4.69) is 20.3 Å². The Morgan fingerprint density at radius 2 is 2.00 bits per heavy atom. The largest absolute Gasteiger partial charge is 0.494 e. The highest BCUT2D eigenvalue weighted by Gasteiger charge is 2.63. The first kappa shape index (κ1) is 29.2. The monoisotopic (exact) mass is 639 g/mol. The standard InChI is InChI=1S/C31H25F4N5O4S/c1-43-22-10-18(11-23-26(22)38-16-45-23)28(41)37-13-29(42,19-4-5-19)24-12-21-27(25(39-24)17-2-6-20(32)7-3-17)44-14-30(21,31(33,34)35)40-9-8-36-15-40/h2-3,6-12,15-16,19,42H,4-5,13-14H2,1H3,(H,37,41)/t29-,30+/m1/s1. The number of ether oxygens (including phenoxy) is 2. The van der Waals surface area contributed by atoms with E-state index in [1.165, 1.54) is 67.2 Å². The van der Waals surface area contributed by atoms with Gasteiger partial charge < -0.3 is 24.5 Å². The molecule has 7 rings (SSSR count). The second-order valence-electron chi connectivity index (χ2n) is 11.1. The lowest BCUT2D eigenvalue weighted by atomic mass is 9.85. The molecule has 0 saturated heterocycles. The molecule has 2 aliphatic rings. The van der Waals surface area contributed by atoms with Crippen LogP contribution in [0.4, 0.5) is 17.6 Å². The van der Waals surface area contributed by atoms with E-state index in [4.69, 9.17) is 9.47 Å². The average Bonchev–Trinajstić information content (AvgIpc) is 3.38. The number of rotatable bonds is 8. The molecule has 3 aromatic heterocycles. The summed E-state index contributed by atoms with van der Waals surface area (Å²) in [5, 5.41) is 15.0. The van der Waals surface area contributed by atoms with Gasteiger partial charge in [0, 0.05) is 29.1 Å². The summed E-state index contributed by atoms with van der Waals surface area (Å²) < 4.78 is 72.0. The number of amides is 1. The maximum atomic E-state index is 15.1. The number of halogens is 4. The zero-order chi connectivity index (χ0) is 31.6. The van der Waals surface area contributed by atoms with Gasteiger partial charge in [0.1, 0.15) is 35.0 Å². The van der Waals surface area contributed by atoms with Crippen LogP contribution in [0.2, 0.25) is 0 Å². The molecule has 2 atom stereocenters. The summed E-state index contributed by atoms with van der Waals surface area (Å²) in [5.74, 6) is -1.18. The second-order valence-corrected chi connectivity index (χ2v) is 12.0. The lowest BCUT2D eigenvalue weighted by Crippen LogP contribution is -2.50. The first-order chi connectivity index (χ1) is 21.5. The summed E-state index contributed by atoms with van der Waals surface area (Å²) in [5.41, 5.74) is -2.05. The number of imidazole rings is 1. The first-order valence-electron chi connectivity index (χ1n) is 14.0. The first-order valence-corrected chi connectivity index (χ1v) is 14.8. The van der Waals surface area contributed by atoms with Crippen LogP contribution in [0.3, 0.4) is 0 Å². The lowest BCUT2D eigenvalue weighted by molar-refractivity contribution is -0.202. The summed E-state index contributed by atoms with van der Waals surface area (Å²) >= 11 is 1.33. The molecule has 14 heteroatoms.